The lowest BCUT2D eigenvalue weighted by molar-refractivity contribution is -0.722. The van der Waals surface area contributed by atoms with Gasteiger partial charge in [-0.1, -0.05) is 18.2 Å². The molecule has 0 aromatic heterocycles. The van der Waals surface area contributed by atoms with Gasteiger partial charge in [0, 0.05) is 10.5 Å². The third-order valence-electron chi connectivity index (χ3n) is 1.06. The molecule has 0 bridgehead atoms. The molecule has 0 aliphatic carbocycles. The first-order valence-corrected chi connectivity index (χ1v) is 2.84. The molecule has 3 heteroatoms. The van der Waals surface area contributed by atoms with E-state index in [-0.39, 0.29) is 4.90 Å². The predicted octanol–water partition coefficient (Wildman–Crippen LogP) is 1.00. The summed E-state index contributed by atoms with van der Waals surface area (Å²) in [6.45, 7) is 0. The second kappa shape index (κ2) is 2.87. The quantitative estimate of drug-likeness (QED) is 0.271. The topological polar surface area (TPSA) is 46.3 Å². The van der Waals surface area contributed by atoms with Crippen LogP contribution in [-0.4, -0.2) is 16.3 Å². The summed E-state index contributed by atoms with van der Waals surface area (Å²) >= 11 is 0. The Bertz CT molecular complexity index is 227. The standard InChI is InChI=1S/C7H7NO2/c9-8(10)6-7-4-2-1-3-5-7/h1-6H,(H,9,10). The molecule has 0 amide bonds. The molecular formula is C7H7NO2. The van der Waals surface area contributed by atoms with Crippen LogP contribution < -0.4 is 0 Å². The van der Waals surface area contributed by atoms with Gasteiger partial charge in [0.05, 0.1) is 0 Å². The van der Waals surface area contributed by atoms with Gasteiger partial charge in [0.25, 0.3) is 0 Å². The summed E-state index contributed by atoms with van der Waals surface area (Å²) in [5.41, 5.74) is 0.681. The molecule has 1 aromatic carbocycles. The van der Waals surface area contributed by atoms with Gasteiger partial charge < -0.3 is 5.21 Å². The van der Waals surface area contributed by atoms with Gasteiger partial charge in [-0.3, -0.25) is 5.21 Å². The fourth-order valence-electron chi connectivity index (χ4n) is 0.667. The summed E-state index contributed by atoms with van der Waals surface area (Å²) in [6, 6.07) is 8.86. The molecule has 0 saturated carbocycles. The SMILES string of the molecule is [O-]/[N+](O)=C\c1ccccc1. The van der Waals surface area contributed by atoms with Crippen LogP contribution in [0.5, 0.6) is 0 Å². The maximum absolute atomic E-state index is 10.0. The fourth-order valence-corrected chi connectivity index (χ4v) is 0.667. The van der Waals surface area contributed by atoms with Crippen molar-refractivity contribution in [1.82, 2.24) is 0 Å². The lowest BCUT2D eigenvalue weighted by Gasteiger charge is -1.87. The van der Waals surface area contributed by atoms with Crippen LogP contribution >= 0.6 is 0 Å². The van der Waals surface area contributed by atoms with Gasteiger partial charge in [-0.05, 0) is 12.1 Å². The molecule has 3 nitrogen and oxygen atoms in total. The summed E-state index contributed by atoms with van der Waals surface area (Å²) in [6.07, 6.45) is 1.08. The normalized spacial score (nSPS) is 11.4. The average Bonchev–Trinajstić information content (AvgIpc) is 1.88. The van der Waals surface area contributed by atoms with Gasteiger partial charge in [-0.15, -0.1) is 0 Å². The Morgan fingerprint density at radius 3 is 2.40 bits per heavy atom. The first kappa shape index (κ1) is 6.61. The number of hydrogen-bond donors (Lipinski definition) is 1. The second-order valence-electron chi connectivity index (χ2n) is 1.84. The van der Waals surface area contributed by atoms with Crippen LogP contribution in [-0.2, 0) is 0 Å². The van der Waals surface area contributed by atoms with E-state index in [1.807, 2.05) is 6.07 Å². The van der Waals surface area contributed by atoms with E-state index in [1.54, 1.807) is 24.3 Å². The van der Waals surface area contributed by atoms with Crippen molar-refractivity contribution in [3.63, 3.8) is 0 Å². The van der Waals surface area contributed by atoms with E-state index < -0.39 is 0 Å². The average molecular weight is 137 g/mol. The summed E-state index contributed by atoms with van der Waals surface area (Å²) in [7, 11) is 0. The van der Waals surface area contributed by atoms with E-state index in [4.69, 9.17) is 5.21 Å². The van der Waals surface area contributed by atoms with Crippen molar-refractivity contribution in [3.05, 3.63) is 41.1 Å². The van der Waals surface area contributed by atoms with Crippen molar-refractivity contribution < 1.29 is 10.1 Å². The van der Waals surface area contributed by atoms with Gasteiger partial charge in [-0.2, -0.15) is 0 Å². The van der Waals surface area contributed by atoms with Crippen molar-refractivity contribution in [2.45, 2.75) is 0 Å². The molecule has 1 rings (SSSR count). The third-order valence-corrected chi connectivity index (χ3v) is 1.06. The molecule has 0 atom stereocenters. The Balaban J connectivity index is 2.87. The van der Waals surface area contributed by atoms with E-state index in [0.717, 1.165) is 6.21 Å². The van der Waals surface area contributed by atoms with Gasteiger partial charge >= 0.3 is 0 Å². The zero-order chi connectivity index (χ0) is 7.40. The van der Waals surface area contributed by atoms with Crippen LogP contribution in [0.2, 0.25) is 0 Å². The Labute approximate surface area is 58.4 Å². The van der Waals surface area contributed by atoms with Gasteiger partial charge in [0.2, 0.25) is 6.21 Å². The minimum atomic E-state index is -0.213. The molecule has 0 saturated heterocycles. The highest BCUT2D eigenvalue weighted by Gasteiger charge is 1.89. The molecule has 0 unspecified atom stereocenters. The van der Waals surface area contributed by atoms with E-state index in [2.05, 4.69) is 0 Å². The molecule has 0 heterocycles. The molecule has 10 heavy (non-hydrogen) atoms. The molecule has 0 spiro atoms. The molecule has 1 aromatic rings. The number of hydrogen-bond acceptors (Lipinski definition) is 2. The van der Waals surface area contributed by atoms with E-state index in [0.29, 0.717) is 5.56 Å². The van der Waals surface area contributed by atoms with Crippen molar-refractivity contribution in [1.29, 1.82) is 0 Å². The van der Waals surface area contributed by atoms with Crippen LogP contribution in [0.25, 0.3) is 0 Å². The Morgan fingerprint density at radius 1 is 1.30 bits per heavy atom. The van der Waals surface area contributed by atoms with Gasteiger partial charge in [0.15, 0.2) is 0 Å². The second-order valence-corrected chi connectivity index (χ2v) is 1.84. The largest absolute Gasteiger partial charge is 0.418 e. The zero-order valence-electron chi connectivity index (χ0n) is 5.27. The van der Waals surface area contributed by atoms with Crippen molar-refractivity contribution >= 4 is 6.21 Å². The van der Waals surface area contributed by atoms with Crippen molar-refractivity contribution in [3.8, 4) is 0 Å². The summed E-state index contributed by atoms with van der Waals surface area (Å²) in [5.74, 6) is 0. The van der Waals surface area contributed by atoms with E-state index in [1.165, 1.54) is 0 Å². The van der Waals surface area contributed by atoms with Gasteiger partial charge in [-0.25, -0.2) is 0 Å². The van der Waals surface area contributed by atoms with E-state index >= 15 is 0 Å². The van der Waals surface area contributed by atoms with Crippen LogP contribution in [0.4, 0.5) is 0 Å². The highest BCUT2D eigenvalue weighted by atomic mass is 16.8. The summed E-state index contributed by atoms with van der Waals surface area (Å²) < 4.78 is 0. The van der Waals surface area contributed by atoms with Gasteiger partial charge in [0.1, 0.15) is 0 Å². The van der Waals surface area contributed by atoms with Crippen LogP contribution in [0.1, 0.15) is 5.56 Å². The Hall–Kier alpha value is -1.51. The number of benzene rings is 1. The monoisotopic (exact) mass is 137 g/mol. The minimum Gasteiger partial charge on any atom is -0.418 e. The predicted molar refractivity (Wildman–Crippen MR) is 37.0 cm³/mol. The van der Waals surface area contributed by atoms with Crippen LogP contribution in [0, 0.1) is 5.21 Å². The first-order chi connectivity index (χ1) is 4.79. The lowest BCUT2D eigenvalue weighted by Crippen LogP contribution is -1.97. The number of rotatable bonds is 1. The first-order valence-electron chi connectivity index (χ1n) is 2.84. The fraction of sp³-hybridized carbons (Fsp3) is 0. The summed E-state index contributed by atoms with van der Waals surface area (Å²) in [5, 5.41) is 18.3. The minimum absolute atomic E-state index is 0.213. The van der Waals surface area contributed by atoms with Crippen molar-refractivity contribution in [2.75, 3.05) is 0 Å². The number of nitrogens with zero attached hydrogens (tertiary/aromatic N) is 1. The van der Waals surface area contributed by atoms with Crippen molar-refractivity contribution in [2.24, 2.45) is 0 Å². The highest BCUT2D eigenvalue weighted by molar-refractivity contribution is 5.75. The smallest absolute Gasteiger partial charge is 0.240 e. The third kappa shape index (κ3) is 1.78. The maximum atomic E-state index is 10.0. The zero-order valence-corrected chi connectivity index (χ0v) is 5.27. The molecule has 52 valence electrons. The maximum Gasteiger partial charge on any atom is 0.240 e. The highest BCUT2D eigenvalue weighted by Crippen LogP contribution is 1.92. The molecule has 1 N–H and O–H groups in total. The van der Waals surface area contributed by atoms with Crippen LogP contribution in [0.3, 0.4) is 0 Å². The molecule has 0 aliphatic rings. The summed E-state index contributed by atoms with van der Waals surface area (Å²) in [4.78, 5) is -0.213. The van der Waals surface area contributed by atoms with Crippen LogP contribution in [0.15, 0.2) is 30.3 Å². The molecule has 0 radical (unpaired) electrons. The molecule has 0 aliphatic heterocycles. The Kier molecular flexibility index (Phi) is 1.89. The lowest BCUT2D eigenvalue weighted by atomic mass is 10.2. The van der Waals surface area contributed by atoms with E-state index in [9.17, 15) is 5.21 Å². The molecule has 0 fully saturated rings. The molecular weight excluding hydrogens is 130 g/mol. The Morgan fingerprint density at radius 2 is 1.90 bits per heavy atom.